The number of ether oxygens (including phenoxy) is 1. The molecule has 0 spiro atoms. The van der Waals surface area contributed by atoms with Gasteiger partial charge < -0.3 is 4.74 Å². The zero-order valence-corrected chi connectivity index (χ0v) is 11.1. The van der Waals surface area contributed by atoms with E-state index in [1.165, 1.54) is 13.0 Å². The number of carbonyl (C=O) groups is 1. The first-order valence-electron chi connectivity index (χ1n) is 6.02. The average Bonchev–Trinajstić information content (AvgIpc) is 2.41. The Bertz CT molecular complexity index is 679. The summed E-state index contributed by atoms with van der Waals surface area (Å²) in [5.74, 6) is 0.320. The molecule has 0 saturated carbocycles. The lowest BCUT2D eigenvalue weighted by Crippen LogP contribution is -2.00. The SMILES string of the molecule is CC(=O)c1ccccc1Oc1c(C)cccc1[N+](=O)[O-]. The van der Waals surface area contributed by atoms with Crippen LogP contribution in [0.4, 0.5) is 5.69 Å². The van der Waals surface area contributed by atoms with E-state index < -0.39 is 4.92 Å². The van der Waals surface area contributed by atoms with Crippen molar-refractivity contribution in [3.05, 3.63) is 63.7 Å². The Balaban J connectivity index is 2.51. The van der Waals surface area contributed by atoms with E-state index in [0.717, 1.165) is 0 Å². The number of ketones is 1. The second-order valence-corrected chi connectivity index (χ2v) is 4.33. The van der Waals surface area contributed by atoms with E-state index in [-0.39, 0.29) is 17.2 Å². The van der Waals surface area contributed by atoms with Crippen molar-refractivity contribution < 1.29 is 14.5 Å². The van der Waals surface area contributed by atoms with Gasteiger partial charge in [0, 0.05) is 6.07 Å². The predicted octanol–water partition coefficient (Wildman–Crippen LogP) is 3.90. The summed E-state index contributed by atoms with van der Waals surface area (Å²) in [6, 6.07) is 11.4. The molecular weight excluding hydrogens is 258 g/mol. The van der Waals surface area contributed by atoms with Crippen molar-refractivity contribution in [2.45, 2.75) is 13.8 Å². The molecule has 0 bridgehead atoms. The maximum absolute atomic E-state index is 11.5. The van der Waals surface area contributed by atoms with Gasteiger partial charge in [-0.05, 0) is 31.5 Å². The van der Waals surface area contributed by atoms with Crippen LogP contribution in [0.5, 0.6) is 11.5 Å². The van der Waals surface area contributed by atoms with Gasteiger partial charge in [-0.1, -0.05) is 24.3 Å². The van der Waals surface area contributed by atoms with Crippen LogP contribution in [0.25, 0.3) is 0 Å². The van der Waals surface area contributed by atoms with Crippen LogP contribution < -0.4 is 4.74 Å². The molecule has 5 heteroatoms. The molecule has 0 N–H and O–H groups in total. The lowest BCUT2D eigenvalue weighted by molar-refractivity contribution is -0.385. The van der Waals surface area contributed by atoms with Crippen LogP contribution in [0, 0.1) is 17.0 Å². The standard InChI is InChI=1S/C15H13NO4/c1-10-6-5-8-13(16(18)19)15(10)20-14-9-4-3-7-12(14)11(2)17/h3-9H,1-2H3. The maximum Gasteiger partial charge on any atom is 0.311 e. The molecule has 0 unspecified atom stereocenters. The summed E-state index contributed by atoms with van der Waals surface area (Å²) < 4.78 is 5.63. The second kappa shape index (κ2) is 5.52. The molecule has 0 aromatic heterocycles. The number of benzene rings is 2. The molecule has 0 heterocycles. The number of hydrogen-bond donors (Lipinski definition) is 0. The van der Waals surface area contributed by atoms with E-state index in [1.807, 2.05) is 0 Å². The number of nitrogens with zero attached hydrogens (tertiary/aromatic N) is 1. The zero-order valence-electron chi connectivity index (χ0n) is 11.1. The molecule has 2 aromatic carbocycles. The molecular formula is C15H13NO4. The van der Waals surface area contributed by atoms with Gasteiger partial charge in [-0.2, -0.15) is 0 Å². The van der Waals surface area contributed by atoms with E-state index in [2.05, 4.69) is 0 Å². The fraction of sp³-hybridized carbons (Fsp3) is 0.133. The number of rotatable bonds is 4. The van der Waals surface area contributed by atoms with Gasteiger partial charge in [-0.25, -0.2) is 0 Å². The largest absolute Gasteiger partial charge is 0.449 e. The van der Waals surface area contributed by atoms with Crippen molar-refractivity contribution in [1.29, 1.82) is 0 Å². The van der Waals surface area contributed by atoms with Crippen LogP contribution >= 0.6 is 0 Å². The first kappa shape index (κ1) is 13.7. The van der Waals surface area contributed by atoms with Crippen molar-refractivity contribution in [3.8, 4) is 11.5 Å². The Hall–Kier alpha value is -2.69. The van der Waals surface area contributed by atoms with E-state index in [9.17, 15) is 14.9 Å². The van der Waals surface area contributed by atoms with Crippen molar-refractivity contribution in [3.63, 3.8) is 0 Å². The monoisotopic (exact) mass is 271 g/mol. The molecule has 0 fully saturated rings. The van der Waals surface area contributed by atoms with Crippen LogP contribution in [0.15, 0.2) is 42.5 Å². The molecule has 2 rings (SSSR count). The molecule has 2 aromatic rings. The summed E-state index contributed by atoms with van der Waals surface area (Å²) in [5, 5.41) is 11.0. The Kier molecular flexibility index (Phi) is 3.79. The fourth-order valence-electron chi connectivity index (χ4n) is 1.87. The van der Waals surface area contributed by atoms with Gasteiger partial charge in [-0.15, -0.1) is 0 Å². The Labute approximate surface area is 116 Å². The van der Waals surface area contributed by atoms with Crippen LogP contribution in [-0.2, 0) is 0 Å². The highest BCUT2D eigenvalue weighted by atomic mass is 16.6. The van der Waals surface area contributed by atoms with Crippen molar-refractivity contribution in [1.82, 2.24) is 0 Å². The summed E-state index contributed by atoms with van der Waals surface area (Å²) >= 11 is 0. The molecule has 20 heavy (non-hydrogen) atoms. The quantitative estimate of drug-likeness (QED) is 0.480. The minimum atomic E-state index is -0.501. The Morgan fingerprint density at radius 3 is 2.50 bits per heavy atom. The van der Waals surface area contributed by atoms with Gasteiger partial charge in [0.2, 0.25) is 5.75 Å². The van der Waals surface area contributed by atoms with Crippen LogP contribution in [-0.4, -0.2) is 10.7 Å². The molecule has 0 amide bonds. The van der Waals surface area contributed by atoms with E-state index in [1.54, 1.807) is 43.3 Å². The van der Waals surface area contributed by atoms with Crippen molar-refractivity contribution >= 4 is 11.5 Å². The van der Waals surface area contributed by atoms with E-state index in [4.69, 9.17) is 4.74 Å². The van der Waals surface area contributed by atoms with Gasteiger partial charge >= 0.3 is 5.69 Å². The number of nitro benzene ring substituents is 1. The van der Waals surface area contributed by atoms with Gasteiger partial charge in [0.25, 0.3) is 0 Å². The minimum absolute atomic E-state index is 0.122. The third-order valence-electron chi connectivity index (χ3n) is 2.87. The van der Waals surface area contributed by atoms with Crippen LogP contribution in [0.2, 0.25) is 0 Å². The zero-order chi connectivity index (χ0) is 14.7. The Morgan fingerprint density at radius 1 is 1.15 bits per heavy atom. The minimum Gasteiger partial charge on any atom is -0.449 e. The van der Waals surface area contributed by atoms with Crippen molar-refractivity contribution in [2.75, 3.05) is 0 Å². The molecule has 0 radical (unpaired) electrons. The lowest BCUT2D eigenvalue weighted by Gasteiger charge is -2.11. The lowest BCUT2D eigenvalue weighted by atomic mass is 10.1. The number of Topliss-reactive ketones (excluding diaryl/α,β-unsaturated/α-hetero) is 1. The summed E-state index contributed by atoms with van der Waals surface area (Å²) in [6.45, 7) is 3.15. The third kappa shape index (κ3) is 2.66. The smallest absolute Gasteiger partial charge is 0.311 e. The molecule has 0 aliphatic carbocycles. The second-order valence-electron chi connectivity index (χ2n) is 4.33. The first-order valence-corrected chi connectivity index (χ1v) is 6.02. The van der Waals surface area contributed by atoms with E-state index in [0.29, 0.717) is 16.9 Å². The third-order valence-corrected chi connectivity index (χ3v) is 2.87. The summed E-state index contributed by atoms with van der Waals surface area (Å²) in [5.41, 5.74) is 0.908. The molecule has 5 nitrogen and oxygen atoms in total. The Morgan fingerprint density at radius 2 is 1.85 bits per heavy atom. The number of nitro groups is 1. The van der Waals surface area contributed by atoms with Gasteiger partial charge in [-0.3, -0.25) is 14.9 Å². The van der Waals surface area contributed by atoms with E-state index >= 15 is 0 Å². The van der Waals surface area contributed by atoms with Gasteiger partial charge in [0.1, 0.15) is 5.75 Å². The highest BCUT2D eigenvalue weighted by Crippen LogP contribution is 2.35. The predicted molar refractivity (Wildman–Crippen MR) is 74.4 cm³/mol. The first-order chi connectivity index (χ1) is 9.50. The molecule has 0 aliphatic rings. The highest BCUT2D eigenvalue weighted by molar-refractivity contribution is 5.96. The molecule has 0 aliphatic heterocycles. The van der Waals surface area contributed by atoms with Gasteiger partial charge in [0.15, 0.2) is 5.78 Å². The summed E-state index contributed by atoms with van der Waals surface area (Å²) in [7, 11) is 0. The molecule has 102 valence electrons. The molecule has 0 saturated heterocycles. The van der Waals surface area contributed by atoms with Crippen LogP contribution in [0.1, 0.15) is 22.8 Å². The maximum atomic E-state index is 11.5. The normalized spacial score (nSPS) is 10.1. The van der Waals surface area contributed by atoms with Crippen molar-refractivity contribution in [2.24, 2.45) is 0 Å². The van der Waals surface area contributed by atoms with Gasteiger partial charge in [0.05, 0.1) is 10.5 Å². The fourth-order valence-corrected chi connectivity index (χ4v) is 1.87. The average molecular weight is 271 g/mol. The topological polar surface area (TPSA) is 69.4 Å². The summed E-state index contributed by atoms with van der Waals surface area (Å²) in [6.07, 6.45) is 0. The number of aryl methyl sites for hydroxylation is 1. The summed E-state index contributed by atoms with van der Waals surface area (Å²) in [4.78, 5) is 22.1. The van der Waals surface area contributed by atoms with Crippen LogP contribution in [0.3, 0.4) is 0 Å². The highest BCUT2D eigenvalue weighted by Gasteiger charge is 2.19. The number of para-hydroxylation sites is 2. The molecule has 0 atom stereocenters. The number of hydrogen-bond acceptors (Lipinski definition) is 4. The number of carbonyl (C=O) groups excluding carboxylic acids is 1.